The molecule has 0 aliphatic rings. The predicted octanol–water partition coefficient (Wildman–Crippen LogP) is 5.86. The van der Waals surface area contributed by atoms with E-state index in [0.29, 0.717) is 45.0 Å². The number of rotatable bonds is 8. The van der Waals surface area contributed by atoms with E-state index in [-0.39, 0.29) is 18.0 Å². The van der Waals surface area contributed by atoms with Gasteiger partial charge in [-0.25, -0.2) is 9.37 Å². The lowest BCUT2D eigenvalue weighted by Gasteiger charge is -2.12. The monoisotopic (exact) mass is 562 g/mol. The largest absolute Gasteiger partial charge is 0.493 e. The van der Waals surface area contributed by atoms with Crippen molar-refractivity contribution in [1.29, 1.82) is 0 Å². The number of hydrogen-bond acceptors (Lipinski definition) is 7. The SMILES string of the molecule is COc1cc(C=Nn2c(-c3cc4ccccc4o3)nc3ccccc3c2=O)ccc1OCC(=O)Nc1ccc(F)cc1. The molecule has 0 atom stereocenters. The zero-order valence-corrected chi connectivity index (χ0v) is 22.3. The van der Waals surface area contributed by atoms with Crippen LogP contribution in [-0.2, 0) is 4.79 Å². The molecule has 0 spiro atoms. The fraction of sp³-hybridized carbons (Fsp3) is 0.0625. The highest BCUT2D eigenvalue weighted by molar-refractivity contribution is 5.92. The average molecular weight is 563 g/mol. The van der Waals surface area contributed by atoms with Gasteiger partial charge in [-0.15, -0.1) is 0 Å². The molecule has 2 aromatic heterocycles. The number of hydrogen-bond donors (Lipinski definition) is 1. The molecule has 0 saturated heterocycles. The quantitative estimate of drug-likeness (QED) is 0.233. The number of ether oxygens (including phenoxy) is 2. The van der Waals surface area contributed by atoms with E-state index in [0.717, 1.165) is 5.39 Å². The van der Waals surface area contributed by atoms with Crippen molar-refractivity contribution in [3.8, 4) is 23.1 Å². The van der Waals surface area contributed by atoms with Crippen LogP contribution in [0.25, 0.3) is 33.5 Å². The summed E-state index contributed by atoms with van der Waals surface area (Å²) in [5.74, 6) is 0.522. The second-order valence-electron chi connectivity index (χ2n) is 9.22. The zero-order chi connectivity index (χ0) is 29.1. The molecule has 0 saturated carbocycles. The lowest BCUT2D eigenvalue weighted by Crippen LogP contribution is -2.20. The van der Waals surface area contributed by atoms with Gasteiger partial charge in [-0.1, -0.05) is 30.3 Å². The van der Waals surface area contributed by atoms with Gasteiger partial charge in [-0.2, -0.15) is 9.78 Å². The number of carbonyl (C=O) groups is 1. The van der Waals surface area contributed by atoms with E-state index in [4.69, 9.17) is 18.9 Å². The molecule has 208 valence electrons. The summed E-state index contributed by atoms with van der Waals surface area (Å²) >= 11 is 0. The van der Waals surface area contributed by atoms with E-state index in [1.165, 1.54) is 42.3 Å². The Balaban J connectivity index is 1.27. The number of anilines is 1. The molecule has 2 heterocycles. The van der Waals surface area contributed by atoms with E-state index in [9.17, 15) is 14.0 Å². The molecule has 0 aliphatic heterocycles. The summed E-state index contributed by atoms with van der Waals surface area (Å²) < 4.78 is 31.4. The Morgan fingerprint density at radius 1 is 1.00 bits per heavy atom. The van der Waals surface area contributed by atoms with E-state index >= 15 is 0 Å². The Labute approximate surface area is 238 Å². The van der Waals surface area contributed by atoms with Gasteiger partial charge in [0.2, 0.25) is 5.82 Å². The average Bonchev–Trinajstić information content (AvgIpc) is 3.45. The molecule has 42 heavy (non-hydrogen) atoms. The van der Waals surface area contributed by atoms with Gasteiger partial charge in [0.25, 0.3) is 11.5 Å². The molecule has 6 aromatic rings. The molecule has 10 heteroatoms. The maximum Gasteiger partial charge on any atom is 0.282 e. The Morgan fingerprint density at radius 3 is 2.60 bits per heavy atom. The molecule has 4 aromatic carbocycles. The van der Waals surface area contributed by atoms with Crippen LogP contribution in [-0.4, -0.2) is 35.5 Å². The topological polar surface area (TPSA) is 108 Å². The van der Waals surface area contributed by atoms with E-state index in [1.54, 1.807) is 36.4 Å². The highest BCUT2D eigenvalue weighted by Crippen LogP contribution is 2.29. The lowest BCUT2D eigenvalue weighted by molar-refractivity contribution is -0.118. The van der Waals surface area contributed by atoms with Crippen LogP contribution in [0.1, 0.15) is 5.56 Å². The van der Waals surface area contributed by atoms with Crippen molar-refractivity contribution in [2.75, 3.05) is 19.0 Å². The maximum atomic E-state index is 13.5. The second-order valence-corrected chi connectivity index (χ2v) is 9.22. The van der Waals surface area contributed by atoms with Crippen LogP contribution in [0.4, 0.5) is 10.1 Å². The number of nitrogens with one attached hydrogen (secondary N) is 1. The Hall–Kier alpha value is -5.77. The molecule has 0 aliphatic carbocycles. The van der Waals surface area contributed by atoms with E-state index in [2.05, 4.69) is 10.4 Å². The minimum absolute atomic E-state index is 0.255. The van der Waals surface area contributed by atoms with Crippen LogP contribution >= 0.6 is 0 Å². The van der Waals surface area contributed by atoms with Gasteiger partial charge in [-0.3, -0.25) is 9.59 Å². The highest BCUT2D eigenvalue weighted by Gasteiger charge is 2.16. The summed E-state index contributed by atoms with van der Waals surface area (Å²) in [4.78, 5) is 30.5. The summed E-state index contributed by atoms with van der Waals surface area (Å²) in [5, 5.41) is 8.39. The van der Waals surface area contributed by atoms with Crippen molar-refractivity contribution in [1.82, 2.24) is 9.66 Å². The first-order valence-corrected chi connectivity index (χ1v) is 12.9. The number of furan rings is 1. The first-order chi connectivity index (χ1) is 20.5. The van der Waals surface area contributed by atoms with Gasteiger partial charge >= 0.3 is 0 Å². The molecular weight excluding hydrogens is 539 g/mol. The molecule has 1 amide bonds. The highest BCUT2D eigenvalue weighted by atomic mass is 19.1. The van der Waals surface area contributed by atoms with Crippen molar-refractivity contribution >= 4 is 39.7 Å². The summed E-state index contributed by atoms with van der Waals surface area (Å²) in [6, 6.07) is 26.8. The smallest absolute Gasteiger partial charge is 0.282 e. The molecule has 6 rings (SSSR count). The molecule has 1 N–H and O–H groups in total. The van der Waals surface area contributed by atoms with Crippen molar-refractivity contribution in [3.05, 3.63) is 119 Å². The number of halogens is 1. The van der Waals surface area contributed by atoms with Crippen LogP contribution in [0.2, 0.25) is 0 Å². The number of aromatic nitrogens is 2. The van der Waals surface area contributed by atoms with Gasteiger partial charge in [0.1, 0.15) is 11.4 Å². The number of methoxy groups -OCH3 is 1. The number of nitrogens with zero attached hydrogens (tertiary/aromatic N) is 3. The number of amides is 1. The third-order valence-electron chi connectivity index (χ3n) is 6.40. The summed E-state index contributed by atoms with van der Waals surface area (Å²) in [6.45, 7) is -0.291. The van der Waals surface area contributed by atoms with Gasteiger partial charge in [0, 0.05) is 11.1 Å². The molecular formula is C32H23FN4O5. The van der Waals surface area contributed by atoms with Gasteiger partial charge in [-0.05, 0) is 72.3 Å². The normalized spacial score (nSPS) is 11.3. The molecule has 0 radical (unpaired) electrons. The summed E-state index contributed by atoms with van der Waals surface area (Å²) in [7, 11) is 1.47. The van der Waals surface area contributed by atoms with Crippen LogP contribution in [0.3, 0.4) is 0 Å². The van der Waals surface area contributed by atoms with Crippen LogP contribution < -0.4 is 20.3 Å². The molecule has 0 bridgehead atoms. The van der Waals surface area contributed by atoms with Crippen LogP contribution in [0, 0.1) is 5.82 Å². The number of carbonyl (C=O) groups excluding carboxylic acids is 1. The second kappa shape index (κ2) is 11.4. The van der Waals surface area contributed by atoms with Crippen molar-refractivity contribution < 1.29 is 23.1 Å². The Kier molecular flexibility index (Phi) is 7.17. The van der Waals surface area contributed by atoms with Crippen LogP contribution in [0.15, 0.2) is 111 Å². The molecule has 9 nitrogen and oxygen atoms in total. The van der Waals surface area contributed by atoms with E-state index in [1.807, 2.05) is 36.4 Å². The third kappa shape index (κ3) is 5.46. The first kappa shape index (κ1) is 26.5. The zero-order valence-electron chi connectivity index (χ0n) is 22.3. The minimum atomic E-state index is -0.421. The Morgan fingerprint density at radius 2 is 1.79 bits per heavy atom. The van der Waals surface area contributed by atoms with Gasteiger partial charge in [0.15, 0.2) is 23.9 Å². The van der Waals surface area contributed by atoms with Crippen molar-refractivity contribution in [2.24, 2.45) is 5.10 Å². The van der Waals surface area contributed by atoms with Gasteiger partial charge in [0.05, 0.1) is 24.2 Å². The maximum absolute atomic E-state index is 13.5. The Bertz CT molecular complexity index is 1980. The summed E-state index contributed by atoms with van der Waals surface area (Å²) in [5.41, 5.74) is 1.88. The number of benzene rings is 4. The van der Waals surface area contributed by atoms with E-state index < -0.39 is 11.7 Å². The third-order valence-corrected chi connectivity index (χ3v) is 6.40. The fourth-order valence-corrected chi connectivity index (χ4v) is 4.36. The fourth-order valence-electron chi connectivity index (χ4n) is 4.36. The molecule has 0 fully saturated rings. The molecule has 0 unspecified atom stereocenters. The standard InChI is InChI=1S/C32H23FN4O5/c1-40-28-16-20(10-15-27(28)41-19-30(38)35-23-13-11-22(33)12-14-23)18-34-37-31(29-17-21-6-2-5-9-26(21)42-29)36-25-8-4-3-7-24(25)32(37)39/h2-18H,19H2,1H3,(H,35,38). The van der Waals surface area contributed by atoms with Crippen LogP contribution in [0.5, 0.6) is 11.5 Å². The summed E-state index contributed by atoms with van der Waals surface area (Å²) in [6.07, 6.45) is 1.50. The number of fused-ring (bicyclic) bond motifs is 2. The van der Waals surface area contributed by atoms with Crippen molar-refractivity contribution in [3.63, 3.8) is 0 Å². The predicted molar refractivity (Wildman–Crippen MR) is 158 cm³/mol. The van der Waals surface area contributed by atoms with Gasteiger partial charge < -0.3 is 19.2 Å². The number of para-hydroxylation sites is 2. The lowest BCUT2D eigenvalue weighted by atomic mass is 10.2. The van der Waals surface area contributed by atoms with Crippen molar-refractivity contribution in [2.45, 2.75) is 0 Å². The minimum Gasteiger partial charge on any atom is -0.493 e. The first-order valence-electron chi connectivity index (χ1n) is 12.9.